The summed E-state index contributed by atoms with van der Waals surface area (Å²) in [7, 11) is 0. The van der Waals surface area contributed by atoms with Crippen LogP contribution in [0.2, 0.25) is 0 Å². The summed E-state index contributed by atoms with van der Waals surface area (Å²) >= 11 is 1.12. The van der Waals surface area contributed by atoms with Gasteiger partial charge in [0.2, 0.25) is 5.91 Å². The molecular formula is C15H16N4O4S. The molecule has 2 rings (SSSR count). The Hall–Kier alpha value is -2.68. The summed E-state index contributed by atoms with van der Waals surface area (Å²) in [6, 6.07) is 5.64. The van der Waals surface area contributed by atoms with E-state index in [0.29, 0.717) is 28.5 Å². The van der Waals surface area contributed by atoms with Gasteiger partial charge < -0.3 is 10.3 Å². The van der Waals surface area contributed by atoms with Crippen LogP contribution in [0.3, 0.4) is 0 Å². The number of carbonyl (C=O) groups is 1. The van der Waals surface area contributed by atoms with Crippen LogP contribution >= 0.6 is 11.8 Å². The molecule has 0 atom stereocenters. The first kappa shape index (κ1) is 17.7. The summed E-state index contributed by atoms with van der Waals surface area (Å²) < 4.78 is 0. The van der Waals surface area contributed by atoms with E-state index in [-0.39, 0.29) is 22.9 Å². The average molecular weight is 348 g/mol. The van der Waals surface area contributed by atoms with Crippen LogP contribution < -0.4 is 10.9 Å². The number of amides is 1. The lowest BCUT2D eigenvalue weighted by Gasteiger charge is -2.08. The molecule has 2 N–H and O–H groups in total. The molecule has 0 spiro atoms. The second kappa shape index (κ2) is 7.73. The third-order valence-electron chi connectivity index (χ3n) is 3.17. The summed E-state index contributed by atoms with van der Waals surface area (Å²) in [4.78, 5) is 40.5. The summed E-state index contributed by atoms with van der Waals surface area (Å²) in [5, 5.41) is 13.8. The number of hydrogen-bond donors (Lipinski definition) is 2. The Balaban J connectivity index is 2.00. The van der Waals surface area contributed by atoms with E-state index >= 15 is 0 Å². The Bertz CT molecular complexity index is 834. The van der Waals surface area contributed by atoms with Crippen LogP contribution in [0.25, 0.3) is 0 Å². The third-order valence-corrected chi connectivity index (χ3v) is 4.04. The summed E-state index contributed by atoms with van der Waals surface area (Å²) in [6.07, 6.45) is 0.631. The number of anilines is 1. The van der Waals surface area contributed by atoms with E-state index in [1.165, 1.54) is 24.3 Å². The molecule has 1 amide bonds. The van der Waals surface area contributed by atoms with Crippen LogP contribution in [0.15, 0.2) is 34.2 Å². The molecule has 0 fully saturated rings. The number of benzene rings is 1. The molecule has 0 aliphatic rings. The quantitative estimate of drug-likeness (QED) is 0.358. The van der Waals surface area contributed by atoms with Crippen molar-refractivity contribution in [2.75, 3.05) is 11.1 Å². The van der Waals surface area contributed by atoms with Crippen LogP contribution in [0, 0.1) is 17.0 Å². The van der Waals surface area contributed by atoms with Crippen molar-refractivity contribution in [1.82, 2.24) is 9.97 Å². The second-order valence-corrected chi connectivity index (χ2v) is 5.95. The number of aryl methyl sites for hydroxylation is 2. The fourth-order valence-corrected chi connectivity index (χ4v) is 2.65. The maximum Gasteiger partial charge on any atom is 0.269 e. The molecule has 0 bridgehead atoms. The van der Waals surface area contributed by atoms with Crippen LogP contribution in [0.5, 0.6) is 0 Å². The molecule has 1 aromatic carbocycles. The first-order chi connectivity index (χ1) is 11.4. The highest BCUT2D eigenvalue weighted by molar-refractivity contribution is 7.99. The molecule has 0 aliphatic carbocycles. The van der Waals surface area contributed by atoms with Crippen molar-refractivity contribution in [3.63, 3.8) is 0 Å². The zero-order valence-electron chi connectivity index (χ0n) is 13.2. The van der Waals surface area contributed by atoms with E-state index < -0.39 is 4.92 Å². The summed E-state index contributed by atoms with van der Waals surface area (Å²) in [5.41, 5.74) is 1.49. The topological polar surface area (TPSA) is 118 Å². The lowest BCUT2D eigenvalue weighted by Crippen LogP contribution is -2.16. The number of aromatic amines is 1. The van der Waals surface area contributed by atoms with E-state index in [0.717, 1.165) is 11.8 Å². The number of nitrogens with one attached hydrogen (secondary N) is 2. The van der Waals surface area contributed by atoms with Gasteiger partial charge in [-0.3, -0.25) is 19.7 Å². The number of H-pyrrole nitrogens is 1. The molecule has 2 aromatic rings. The highest BCUT2D eigenvalue weighted by atomic mass is 32.2. The zero-order chi connectivity index (χ0) is 17.7. The first-order valence-corrected chi connectivity index (χ1v) is 8.15. The van der Waals surface area contributed by atoms with Crippen LogP contribution in [-0.2, 0) is 11.2 Å². The van der Waals surface area contributed by atoms with Crippen molar-refractivity contribution in [1.29, 1.82) is 0 Å². The highest BCUT2D eigenvalue weighted by Crippen LogP contribution is 2.21. The minimum absolute atomic E-state index is 0.0296. The zero-order valence-corrected chi connectivity index (χ0v) is 14.0. The minimum Gasteiger partial charge on any atom is -0.325 e. The number of nitrogens with zero attached hydrogens (tertiary/aromatic N) is 2. The van der Waals surface area contributed by atoms with Gasteiger partial charge in [-0.05, 0) is 25.0 Å². The average Bonchev–Trinajstić information content (AvgIpc) is 2.54. The van der Waals surface area contributed by atoms with Crippen molar-refractivity contribution < 1.29 is 9.72 Å². The van der Waals surface area contributed by atoms with Gasteiger partial charge in [0.15, 0.2) is 5.16 Å². The third kappa shape index (κ3) is 4.66. The largest absolute Gasteiger partial charge is 0.325 e. The Morgan fingerprint density at radius 1 is 1.42 bits per heavy atom. The number of non-ortho nitro benzene ring substituents is 1. The van der Waals surface area contributed by atoms with Gasteiger partial charge in [-0.2, -0.15) is 0 Å². The fourth-order valence-electron chi connectivity index (χ4n) is 1.95. The number of nitro groups is 1. The maximum absolute atomic E-state index is 12.0. The highest BCUT2D eigenvalue weighted by Gasteiger charge is 2.11. The van der Waals surface area contributed by atoms with E-state index in [2.05, 4.69) is 15.3 Å². The SMILES string of the molecule is CCc1cc(=O)[nH]c(SCC(=O)Nc2ccc([N+](=O)[O-])cc2C)n1. The number of rotatable bonds is 6. The lowest BCUT2D eigenvalue weighted by atomic mass is 10.2. The van der Waals surface area contributed by atoms with E-state index in [4.69, 9.17) is 0 Å². The van der Waals surface area contributed by atoms with E-state index in [1.807, 2.05) is 6.92 Å². The second-order valence-electron chi connectivity index (χ2n) is 4.99. The monoisotopic (exact) mass is 348 g/mol. The standard InChI is InChI=1S/C15H16N4O4S/c1-3-10-7-13(20)18-15(16-10)24-8-14(21)17-12-5-4-11(19(22)23)6-9(12)2/h4-7H,3,8H2,1-2H3,(H,17,21)(H,16,18,20). The fraction of sp³-hybridized carbons (Fsp3) is 0.267. The van der Waals surface area contributed by atoms with E-state index in [9.17, 15) is 19.7 Å². The molecule has 8 nitrogen and oxygen atoms in total. The van der Waals surface area contributed by atoms with Gasteiger partial charge in [0.05, 0.1) is 10.7 Å². The number of hydrogen-bond acceptors (Lipinski definition) is 6. The number of thioether (sulfide) groups is 1. The van der Waals surface area contributed by atoms with E-state index in [1.54, 1.807) is 6.92 Å². The molecule has 24 heavy (non-hydrogen) atoms. The number of aromatic nitrogens is 2. The Morgan fingerprint density at radius 3 is 2.79 bits per heavy atom. The Kier molecular flexibility index (Phi) is 5.69. The number of carbonyl (C=O) groups excluding carboxylic acids is 1. The van der Waals surface area contributed by atoms with Gasteiger partial charge >= 0.3 is 0 Å². The Morgan fingerprint density at radius 2 is 2.17 bits per heavy atom. The van der Waals surface area contributed by atoms with Crippen molar-refractivity contribution in [2.24, 2.45) is 0 Å². The van der Waals surface area contributed by atoms with Gasteiger partial charge in [-0.25, -0.2) is 4.98 Å². The normalized spacial score (nSPS) is 10.4. The minimum atomic E-state index is -0.489. The van der Waals surface area contributed by atoms with Gasteiger partial charge in [0.1, 0.15) is 0 Å². The molecule has 0 unspecified atom stereocenters. The molecule has 0 saturated heterocycles. The molecule has 126 valence electrons. The summed E-state index contributed by atoms with van der Waals surface area (Å²) in [6.45, 7) is 3.57. The molecule has 0 radical (unpaired) electrons. The molecule has 0 aliphatic heterocycles. The van der Waals surface area contributed by atoms with Crippen molar-refractivity contribution in [3.8, 4) is 0 Å². The smallest absolute Gasteiger partial charge is 0.269 e. The van der Waals surface area contributed by atoms with Gasteiger partial charge in [0.25, 0.3) is 11.2 Å². The van der Waals surface area contributed by atoms with Crippen LogP contribution in [0.1, 0.15) is 18.2 Å². The molecular weight excluding hydrogens is 332 g/mol. The Labute approximate surface area is 141 Å². The van der Waals surface area contributed by atoms with Gasteiger partial charge in [-0.15, -0.1) is 0 Å². The van der Waals surface area contributed by atoms with Crippen molar-refractivity contribution >= 4 is 29.0 Å². The van der Waals surface area contributed by atoms with Gasteiger partial charge in [0, 0.05) is 29.6 Å². The van der Waals surface area contributed by atoms with Crippen molar-refractivity contribution in [2.45, 2.75) is 25.4 Å². The maximum atomic E-state index is 12.0. The first-order valence-electron chi connectivity index (χ1n) is 7.17. The predicted octanol–water partition coefficient (Wildman–Crippen LogP) is 2.28. The lowest BCUT2D eigenvalue weighted by molar-refractivity contribution is -0.384. The molecule has 9 heteroatoms. The predicted molar refractivity (Wildman–Crippen MR) is 91.4 cm³/mol. The number of nitro benzene ring substituents is 1. The van der Waals surface area contributed by atoms with Crippen LogP contribution in [0.4, 0.5) is 11.4 Å². The molecule has 0 saturated carbocycles. The van der Waals surface area contributed by atoms with Gasteiger partial charge in [-0.1, -0.05) is 18.7 Å². The van der Waals surface area contributed by atoms with Crippen molar-refractivity contribution in [3.05, 3.63) is 56.0 Å². The molecule has 1 aromatic heterocycles. The molecule has 1 heterocycles. The van der Waals surface area contributed by atoms with Crippen LogP contribution in [-0.4, -0.2) is 26.6 Å². The summed E-state index contributed by atoms with van der Waals surface area (Å²) in [5.74, 6) is -0.228.